The Bertz CT molecular complexity index is 1370. The Kier molecular flexibility index (Phi) is 6.78. The summed E-state index contributed by atoms with van der Waals surface area (Å²) in [5.41, 5.74) is 6.96. The van der Waals surface area contributed by atoms with E-state index in [4.69, 9.17) is 9.47 Å². The van der Waals surface area contributed by atoms with Crippen LogP contribution in [0.2, 0.25) is 0 Å². The highest BCUT2D eigenvalue weighted by atomic mass is 16.5. The predicted molar refractivity (Wildman–Crippen MR) is 143 cm³/mol. The van der Waals surface area contributed by atoms with Crippen molar-refractivity contribution in [3.8, 4) is 11.5 Å². The maximum atomic E-state index is 13.2. The molecule has 3 aromatic rings. The number of carbonyl (C=O) groups is 2. The summed E-state index contributed by atoms with van der Waals surface area (Å²) in [5.74, 6) is 0.484. The minimum absolute atomic E-state index is 0.0394. The maximum Gasteiger partial charge on any atom is 0.307 e. The number of aliphatic carboxylic acids is 1. The second-order valence-electron chi connectivity index (χ2n) is 9.98. The van der Waals surface area contributed by atoms with Crippen molar-refractivity contribution >= 4 is 23.3 Å². The number of fused-ring (bicyclic) bond motifs is 2. The molecule has 192 valence electrons. The molecule has 37 heavy (non-hydrogen) atoms. The number of para-hydroxylation sites is 2. The zero-order chi connectivity index (χ0) is 26.1. The molecular weight excluding hydrogens is 468 g/mol. The normalized spacial score (nSPS) is 16.0. The highest BCUT2D eigenvalue weighted by Crippen LogP contribution is 2.33. The van der Waals surface area contributed by atoms with E-state index in [9.17, 15) is 14.7 Å². The lowest BCUT2D eigenvalue weighted by atomic mass is 9.99. The Balaban J connectivity index is 1.28. The van der Waals surface area contributed by atoms with Crippen molar-refractivity contribution in [1.29, 1.82) is 0 Å². The molecule has 1 amide bonds. The largest absolute Gasteiger partial charge is 0.489 e. The number of carbonyl (C=O) groups excluding carboxylic acids is 1. The van der Waals surface area contributed by atoms with E-state index in [-0.39, 0.29) is 18.4 Å². The smallest absolute Gasteiger partial charge is 0.307 e. The van der Waals surface area contributed by atoms with Gasteiger partial charge in [-0.1, -0.05) is 12.1 Å². The average Bonchev–Trinajstić information content (AvgIpc) is 3.33. The second-order valence-corrected chi connectivity index (χ2v) is 9.98. The van der Waals surface area contributed by atoms with Crippen molar-refractivity contribution in [2.24, 2.45) is 0 Å². The third-order valence-electron chi connectivity index (χ3n) is 7.15. The van der Waals surface area contributed by atoms with E-state index in [1.165, 1.54) is 0 Å². The molecule has 2 N–H and O–H groups in total. The van der Waals surface area contributed by atoms with E-state index in [1.807, 2.05) is 63.4 Å². The molecule has 7 nitrogen and oxygen atoms in total. The molecule has 1 aliphatic heterocycles. The summed E-state index contributed by atoms with van der Waals surface area (Å²) in [4.78, 5) is 26.7. The highest BCUT2D eigenvalue weighted by molar-refractivity contribution is 6.05. The molecule has 3 aromatic carbocycles. The summed E-state index contributed by atoms with van der Waals surface area (Å²) in [6.45, 7) is 4.93. The first-order valence-corrected chi connectivity index (χ1v) is 12.7. The number of hydrogen-bond acceptors (Lipinski definition) is 5. The SMILES string of the molecule is Cc1cc(C(=O)Nc2cc3c(c(CC(=O)O)c2)CCC3)c(C)cc1OC[C@@H]1CN(C)c2ccccc2O1. The first kappa shape index (κ1) is 24.7. The number of ether oxygens (including phenoxy) is 2. The minimum atomic E-state index is -0.867. The highest BCUT2D eigenvalue weighted by Gasteiger charge is 2.24. The second kappa shape index (κ2) is 10.2. The van der Waals surface area contributed by atoms with Crippen LogP contribution in [0.15, 0.2) is 48.5 Å². The van der Waals surface area contributed by atoms with Gasteiger partial charge in [-0.05, 0) is 97.3 Å². The molecular formula is C30H32N2O5. The molecule has 7 heteroatoms. The van der Waals surface area contributed by atoms with Crippen molar-refractivity contribution in [1.82, 2.24) is 0 Å². The van der Waals surface area contributed by atoms with Gasteiger partial charge in [0.25, 0.3) is 5.91 Å². The van der Waals surface area contributed by atoms with Gasteiger partial charge in [0, 0.05) is 18.3 Å². The Morgan fingerprint density at radius 2 is 1.92 bits per heavy atom. The van der Waals surface area contributed by atoms with E-state index in [1.54, 1.807) is 6.07 Å². The average molecular weight is 501 g/mol. The van der Waals surface area contributed by atoms with Gasteiger partial charge in [-0.15, -0.1) is 0 Å². The quantitative estimate of drug-likeness (QED) is 0.477. The van der Waals surface area contributed by atoms with Crippen LogP contribution in [0.3, 0.4) is 0 Å². The number of anilines is 2. The van der Waals surface area contributed by atoms with Crippen LogP contribution in [0, 0.1) is 13.8 Å². The number of rotatable bonds is 7. The molecule has 0 aromatic heterocycles. The topological polar surface area (TPSA) is 88.1 Å². The van der Waals surface area contributed by atoms with Gasteiger partial charge in [0.2, 0.25) is 0 Å². The summed E-state index contributed by atoms with van der Waals surface area (Å²) in [6, 6.07) is 15.5. The summed E-state index contributed by atoms with van der Waals surface area (Å²) < 4.78 is 12.3. The number of carboxylic acid groups (broad SMARTS) is 1. The third kappa shape index (κ3) is 5.26. The van der Waals surface area contributed by atoms with Gasteiger partial charge in [-0.3, -0.25) is 9.59 Å². The Labute approximate surface area is 217 Å². The van der Waals surface area contributed by atoms with Gasteiger partial charge in [0.05, 0.1) is 18.7 Å². The number of nitrogens with one attached hydrogen (secondary N) is 1. The molecule has 2 aliphatic rings. The van der Waals surface area contributed by atoms with Crippen LogP contribution in [0.1, 0.15) is 44.6 Å². The van der Waals surface area contributed by atoms with Crippen LogP contribution in [0.25, 0.3) is 0 Å². The molecule has 0 unspecified atom stereocenters. The zero-order valence-electron chi connectivity index (χ0n) is 21.5. The summed E-state index contributed by atoms with van der Waals surface area (Å²) in [5, 5.41) is 12.3. The molecule has 1 aliphatic carbocycles. The Morgan fingerprint density at radius 3 is 2.73 bits per heavy atom. The number of benzene rings is 3. The van der Waals surface area contributed by atoms with Gasteiger partial charge in [0.1, 0.15) is 24.2 Å². The van der Waals surface area contributed by atoms with E-state index in [0.717, 1.165) is 70.8 Å². The van der Waals surface area contributed by atoms with Crippen molar-refractivity contribution in [3.05, 3.63) is 81.9 Å². The monoisotopic (exact) mass is 500 g/mol. The van der Waals surface area contributed by atoms with E-state index in [0.29, 0.717) is 17.9 Å². The summed E-state index contributed by atoms with van der Waals surface area (Å²) >= 11 is 0. The van der Waals surface area contributed by atoms with Gasteiger partial charge in [-0.25, -0.2) is 0 Å². The van der Waals surface area contributed by atoms with E-state index >= 15 is 0 Å². The summed E-state index contributed by atoms with van der Waals surface area (Å²) in [7, 11) is 2.04. The van der Waals surface area contributed by atoms with Crippen molar-refractivity contribution in [3.63, 3.8) is 0 Å². The number of hydrogen-bond donors (Lipinski definition) is 2. The number of nitrogens with zero attached hydrogens (tertiary/aromatic N) is 1. The van der Waals surface area contributed by atoms with Gasteiger partial charge >= 0.3 is 5.97 Å². The van der Waals surface area contributed by atoms with Crippen molar-refractivity contribution in [2.45, 2.75) is 45.6 Å². The molecule has 0 saturated carbocycles. The third-order valence-corrected chi connectivity index (χ3v) is 7.15. The van der Waals surface area contributed by atoms with Crippen LogP contribution in [-0.4, -0.2) is 43.3 Å². The first-order valence-electron chi connectivity index (χ1n) is 12.7. The van der Waals surface area contributed by atoms with Crippen LogP contribution in [0.5, 0.6) is 11.5 Å². The molecule has 0 saturated heterocycles. The van der Waals surface area contributed by atoms with Crippen LogP contribution < -0.4 is 19.7 Å². The number of amides is 1. The fraction of sp³-hybridized carbons (Fsp3) is 0.333. The van der Waals surface area contributed by atoms with Gasteiger partial charge in [-0.2, -0.15) is 0 Å². The lowest BCUT2D eigenvalue weighted by Crippen LogP contribution is -2.41. The molecule has 0 spiro atoms. The lowest BCUT2D eigenvalue weighted by molar-refractivity contribution is -0.136. The Hall–Kier alpha value is -4.00. The van der Waals surface area contributed by atoms with E-state index < -0.39 is 5.97 Å². The fourth-order valence-corrected chi connectivity index (χ4v) is 5.34. The number of carboxylic acids is 1. The van der Waals surface area contributed by atoms with Crippen molar-refractivity contribution in [2.75, 3.05) is 30.4 Å². The molecule has 5 rings (SSSR count). The molecule has 0 radical (unpaired) electrons. The van der Waals surface area contributed by atoms with Crippen LogP contribution in [-0.2, 0) is 24.1 Å². The first-order chi connectivity index (χ1) is 17.8. The number of aryl methyl sites for hydroxylation is 3. The number of likely N-dealkylation sites (N-methyl/N-ethyl adjacent to an activating group) is 1. The van der Waals surface area contributed by atoms with Crippen LogP contribution >= 0.6 is 0 Å². The predicted octanol–water partition coefficient (Wildman–Crippen LogP) is 4.95. The maximum absolute atomic E-state index is 13.2. The Morgan fingerprint density at radius 1 is 1.11 bits per heavy atom. The van der Waals surface area contributed by atoms with Crippen molar-refractivity contribution < 1.29 is 24.2 Å². The standard InChI is InChI=1S/C30H32N2O5/c1-18-12-28(36-17-23-16-32(3)26-9-4-5-10-27(26)37-23)19(2)11-25(18)30(35)31-22-13-20-7-6-8-24(20)21(14-22)15-29(33)34/h4-5,9-14,23H,6-8,15-17H2,1-3H3,(H,31,35)(H,33,34)/t23-/m0/s1. The van der Waals surface area contributed by atoms with Gasteiger partial charge in [0.15, 0.2) is 0 Å². The van der Waals surface area contributed by atoms with Gasteiger partial charge < -0.3 is 24.8 Å². The lowest BCUT2D eigenvalue weighted by Gasteiger charge is -2.33. The zero-order valence-corrected chi connectivity index (χ0v) is 21.5. The van der Waals surface area contributed by atoms with Crippen LogP contribution in [0.4, 0.5) is 11.4 Å². The molecule has 1 atom stereocenters. The summed E-state index contributed by atoms with van der Waals surface area (Å²) in [6.07, 6.45) is 2.65. The molecule has 0 bridgehead atoms. The molecule has 1 heterocycles. The minimum Gasteiger partial charge on any atom is -0.489 e. The fourth-order valence-electron chi connectivity index (χ4n) is 5.34. The molecule has 0 fully saturated rings. The van der Waals surface area contributed by atoms with E-state index in [2.05, 4.69) is 10.2 Å².